The molecule has 2 amide bonds. The van der Waals surface area contributed by atoms with Gasteiger partial charge in [-0.2, -0.15) is 0 Å². The Hall–Kier alpha value is -1.10. The molecular formula is C10H19N3O2. The van der Waals surface area contributed by atoms with Gasteiger partial charge >= 0.3 is 0 Å². The van der Waals surface area contributed by atoms with Crippen molar-refractivity contribution in [1.82, 2.24) is 10.2 Å². The lowest BCUT2D eigenvalue weighted by Gasteiger charge is -2.25. The molecule has 0 aromatic heterocycles. The van der Waals surface area contributed by atoms with Gasteiger partial charge in [0.1, 0.15) is 0 Å². The van der Waals surface area contributed by atoms with E-state index in [-0.39, 0.29) is 17.7 Å². The zero-order chi connectivity index (χ0) is 11.4. The Morgan fingerprint density at radius 3 is 2.73 bits per heavy atom. The number of hydrogen-bond donors (Lipinski definition) is 2. The lowest BCUT2D eigenvalue weighted by molar-refractivity contribution is -0.133. The average Bonchev–Trinajstić information content (AvgIpc) is 2.40. The van der Waals surface area contributed by atoms with Gasteiger partial charge in [-0.1, -0.05) is 13.8 Å². The largest absolute Gasteiger partial charge is 0.354 e. The SMILES string of the molecule is CC(C)[C@H](N)C(=O)N1CCNC(=O)CC1. The summed E-state index contributed by atoms with van der Waals surface area (Å²) in [5.41, 5.74) is 5.78. The third-order valence-corrected chi connectivity index (χ3v) is 2.63. The Balaban J connectivity index is 2.55. The van der Waals surface area contributed by atoms with Gasteiger partial charge in [0.05, 0.1) is 6.04 Å². The number of rotatable bonds is 2. The fourth-order valence-corrected chi connectivity index (χ4v) is 1.48. The van der Waals surface area contributed by atoms with Crippen LogP contribution in [0.4, 0.5) is 0 Å². The minimum atomic E-state index is -0.460. The lowest BCUT2D eigenvalue weighted by Crippen LogP contribution is -2.47. The molecule has 5 nitrogen and oxygen atoms in total. The summed E-state index contributed by atoms with van der Waals surface area (Å²) < 4.78 is 0. The number of amides is 2. The van der Waals surface area contributed by atoms with Gasteiger partial charge in [0.15, 0.2) is 0 Å². The van der Waals surface area contributed by atoms with E-state index in [9.17, 15) is 9.59 Å². The van der Waals surface area contributed by atoms with E-state index in [1.807, 2.05) is 13.8 Å². The van der Waals surface area contributed by atoms with Gasteiger partial charge in [-0.15, -0.1) is 0 Å². The molecule has 1 aliphatic rings. The highest BCUT2D eigenvalue weighted by Gasteiger charge is 2.25. The number of carbonyl (C=O) groups is 2. The van der Waals surface area contributed by atoms with E-state index in [0.29, 0.717) is 26.1 Å². The van der Waals surface area contributed by atoms with Gasteiger partial charge in [0, 0.05) is 26.1 Å². The molecule has 0 aliphatic carbocycles. The van der Waals surface area contributed by atoms with Crippen LogP contribution in [0.25, 0.3) is 0 Å². The topological polar surface area (TPSA) is 75.4 Å². The van der Waals surface area contributed by atoms with E-state index in [2.05, 4.69) is 5.32 Å². The van der Waals surface area contributed by atoms with Gasteiger partial charge in [-0.25, -0.2) is 0 Å². The van der Waals surface area contributed by atoms with Crippen molar-refractivity contribution in [3.8, 4) is 0 Å². The summed E-state index contributed by atoms with van der Waals surface area (Å²) in [6.45, 7) is 5.40. The monoisotopic (exact) mass is 213 g/mol. The van der Waals surface area contributed by atoms with Crippen molar-refractivity contribution in [2.45, 2.75) is 26.3 Å². The molecule has 1 aliphatic heterocycles. The molecule has 0 radical (unpaired) electrons. The smallest absolute Gasteiger partial charge is 0.239 e. The fraction of sp³-hybridized carbons (Fsp3) is 0.800. The molecule has 0 aromatic carbocycles. The summed E-state index contributed by atoms with van der Waals surface area (Å²) in [7, 11) is 0. The van der Waals surface area contributed by atoms with Crippen molar-refractivity contribution in [3.63, 3.8) is 0 Å². The maximum absolute atomic E-state index is 11.9. The Morgan fingerprint density at radius 1 is 1.47 bits per heavy atom. The van der Waals surface area contributed by atoms with Gasteiger partial charge in [0.25, 0.3) is 0 Å². The van der Waals surface area contributed by atoms with Crippen molar-refractivity contribution in [2.24, 2.45) is 11.7 Å². The van der Waals surface area contributed by atoms with Gasteiger partial charge in [-0.3, -0.25) is 9.59 Å². The molecule has 1 fully saturated rings. The van der Waals surface area contributed by atoms with Crippen molar-refractivity contribution >= 4 is 11.8 Å². The highest BCUT2D eigenvalue weighted by atomic mass is 16.2. The first-order chi connectivity index (χ1) is 7.02. The standard InChI is InChI=1S/C10H19N3O2/c1-7(2)9(11)10(15)13-5-3-8(14)12-4-6-13/h7,9H,3-6,11H2,1-2H3,(H,12,14)/t9-/m0/s1. The van der Waals surface area contributed by atoms with Crippen LogP contribution in [0.3, 0.4) is 0 Å². The van der Waals surface area contributed by atoms with E-state index in [0.717, 1.165) is 0 Å². The average molecular weight is 213 g/mol. The van der Waals surface area contributed by atoms with E-state index in [1.54, 1.807) is 4.90 Å². The van der Waals surface area contributed by atoms with Crippen LogP contribution in [0.1, 0.15) is 20.3 Å². The minimum Gasteiger partial charge on any atom is -0.354 e. The van der Waals surface area contributed by atoms with Crippen molar-refractivity contribution in [2.75, 3.05) is 19.6 Å². The minimum absolute atomic E-state index is 0.00317. The molecular weight excluding hydrogens is 194 g/mol. The van der Waals surface area contributed by atoms with E-state index in [4.69, 9.17) is 5.73 Å². The van der Waals surface area contributed by atoms with Gasteiger partial charge in [-0.05, 0) is 5.92 Å². The summed E-state index contributed by atoms with van der Waals surface area (Å²) in [6.07, 6.45) is 0.372. The maximum Gasteiger partial charge on any atom is 0.239 e. The number of carbonyl (C=O) groups excluding carboxylic acids is 2. The van der Waals surface area contributed by atoms with Crippen molar-refractivity contribution in [3.05, 3.63) is 0 Å². The van der Waals surface area contributed by atoms with Crippen molar-refractivity contribution in [1.29, 1.82) is 0 Å². The van der Waals surface area contributed by atoms with E-state index < -0.39 is 6.04 Å². The van der Waals surface area contributed by atoms with Crippen LogP contribution in [0, 0.1) is 5.92 Å². The third kappa shape index (κ3) is 3.20. The zero-order valence-corrected chi connectivity index (χ0v) is 9.32. The Labute approximate surface area is 90.0 Å². The predicted octanol–water partition coefficient (Wildman–Crippen LogP) is -0.682. The summed E-state index contributed by atoms with van der Waals surface area (Å²) in [5.74, 6) is 0.0781. The number of nitrogens with one attached hydrogen (secondary N) is 1. The molecule has 0 bridgehead atoms. The highest BCUT2D eigenvalue weighted by molar-refractivity contribution is 5.83. The first kappa shape index (κ1) is 12.0. The Morgan fingerprint density at radius 2 is 2.13 bits per heavy atom. The molecule has 0 unspecified atom stereocenters. The molecule has 1 heterocycles. The van der Waals surface area contributed by atoms with Crippen LogP contribution in [-0.4, -0.2) is 42.4 Å². The second kappa shape index (κ2) is 5.11. The van der Waals surface area contributed by atoms with E-state index >= 15 is 0 Å². The second-order valence-electron chi connectivity index (χ2n) is 4.20. The quantitative estimate of drug-likeness (QED) is 0.638. The normalized spacial score (nSPS) is 19.7. The predicted molar refractivity (Wildman–Crippen MR) is 57.0 cm³/mol. The number of hydrogen-bond acceptors (Lipinski definition) is 3. The highest BCUT2D eigenvalue weighted by Crippen LogP contribution is 2.05. The third-order valence-electron chi connectivity index (χ3n) is 2.63. The van der Waals surface area contributed by atoms with Crippen molar-refractivity contribution < 1.29 is 9.59 Å². The molecule has 0 saturated carbocycles. The molecule has 5 heteroatoms. The molecule has 1 rings (SSSR count). The summed E-state index contributed by atoms with van der Waals surface area (Å²) in [6, 6.07) is -0.460. The molecule has 15 heavy (non-hydrogen) atoms. The van der Waals surface area contributed by atoms with E-state index in [1.165, 1.54) is 0 Å². The molecule has 1 atom stereocenters. The van der Waals surface area contributed by atoms with Crippen LogP contribution in [0.5, 0.6) is 0 Å². The summed E-state index contributed by atoms with van der Waals surface area (Å²) >= 11 is 0. The molecule has 3 N–H and O–H groups in total. The fourth-order valence-electron chi connectivity index (χ4n) is 1.48. The van der Waals surface area contributed by atoms with Crippen LogP contribution in [-0.2, 0) is 9.59 Å². The first-order valence-corrected chi connectivity index (χ1v) is 5.33. The number of nitrogens with zero attached hydrogens (tertiary/aromatic N) is 1. The first-order valence-electron chi connectivity index (χ1n) is 5.33. The van der Waals surface area contributed by atoms with Gasteiger partial charge in [0.2, 0.25) is 11.8 Å². The maximum atomic E-state index is 11.9. The zero-order valence-electron chi connectivity index (χ0n) is 9.32. The van der Waals surface area contributed by atoms with Crippen LogP contribution >= 0.6 is 0 Å². The number of nitrogens with two attached hydrogens (primary N) is 1. The molecule has 1 saturated heterocycles. The lowest BCUT2D eigenvalue weighted by atomic mass is 10.0. The Bertz CT molecular complexity index is 253. The summed E-state index contributed by atoms with van der Waals surface area (Å²) in [4.78, 5) is 24.6. The van der Waals surface area contributed by atoms with Crippen LogP contribution in [0.2, 0.25) is 0 Å². The van der Waals surface area contributed by atoms with Crippen LogP contribution < -0.4 is 11.1 Å². The summed E-state index contributed by atoms with van der Waals surface area (Å²) in [5, 5.41) is 2.72. The Kier molecular flexibility index (Phi) is 4.08. The molecule has 0 aromatic rings. The van der Waals surface area contributed by atoms with Crippen LogP contribution in [0.15, 0.2) is 0 Å². The second-order valence-corrected chi connectivity index (χ2v) is 4.20. The molecule has 86 valence electrons. The van der Waals surface area contributed by atoms with Gasteiger partial charge < -0.3 is 16.0 Å². The molecule has 0 spiro atoms.